The van der Waals surface area contributed by atoms with Crippen LogP contribution in [0, 0.1) is 0 Å². The summed E-state index contributed by atoms with van der Waals surface area (Å²) in [6.07, 6.45) is 1.00. The van der Waals surface area contributed by atoms with E-state index < -0.39 is 0 Å². The molecule has 1 N–H and O–H groups in total. The number of phenolic OH excluding ortho intramolecular Hbond substituents is 1. The highest BCUT2D eigenvalue weighted by molar-refractivity contribution is 6.30. The first-order chi connectivity index (χ1) is 13.5. The predicted molar refractivity (Wildman–Crippen MR) is 109 cm³/mol. The molecule has 1 atom stereocenters. The number of rotatable bonds is 4. The molecule has 28 heavy (non-hydrogen) atoms. The van der Waals surface area contributed by atoms with E-state index in [0.29, 0.717) is 36.8 Å². The van der Waals surface area contributed by atoms with Crippen LogP contribution in [0.4, 0.5) is 0 Å². The minimum Gasteiger partial charge on any atom is -0.508 e. The molecule has 148 valence electrons. The molecule has 0 aromatic heterocycles. The van der Waals surface area contributed by atoms with Gasteiger partial charge in [0.15, 0.2) is 0 Å². The summed E-state index contributed by atoms with van der Waals surface area (Å²) in [5, 5.41) is 11.0. The lowest BCUT2D eigenvalue weighted by Gasteiger charge is -2.25. The van der Waals surface area contributed by atoms with Gasteiger partial charge in [0.25, 0.3) is 0 Å². The number of carbonyl (C=O) groups excluding carboxylic acids is 2. The van der Waals surface area contributed by atoms with Crippen molar-refractivity contribution in [2.75, 3.05) is 26.2 Å². The van der Waals surface area contributed by atoms with E-state index in [4.69, 9.17) is 11.6 Å². The lowest BCUT2D eigenvalue weighted by molar-refractivity contribution is -0.132. The fourth-order valence-electron chi connectivity index (χ4n) is 3.70. The van der Waals surface area contributed by atoms with E-state index in [1.54, 1.807) is 30.0 Å². The van der Waals surface area contributed by atoms with Crippen molar-refractivity contribution in [3.63, 3.8) is 0 Å². The SMILES string of the molecule is CC(=O)N1CCCN(C(=O)C[C@H](c2cccc(Cl)c2)c2ccccc2O)CC1. The third-order valence-corrected chi connectivity index (χ3v) is 5.47. The highest BCUT2D eigenvalue weighted by atomic mass is 35.5. The molecule has 2 aromatic rings. The number of amides is 2. The molecule has 2 amide bonds. The number of nitrogens with zero attached hydrogens (tertiary/aromatic N) is 2. The average Bonchev–Trinajstić information content (AvgIpc) is 2.93. The predicted octanol–water partition coefficient (Wildman–Crippen LogP) is 3.65. The number of aromatic hydroxyl groups is 1. The topological polar surface area (TPSA) is 60.9 Å². The van der Waals surface area contributed by atoms with Gasteiger partial charge in [-0.05, 0) is 30.2 Å². The lowest BCUT2D eigenvalue weighted by Crippen LogP contribution is -2.37. The maximum atomic E-state index is 13.1. The first kappa shape index (κ1) is 20.2. The van der Waals surface area contributed by atoms with Gasteiger partial charge in [-0.1, -0.05) is 41.9 Å². The van der Waals surface area contributed by atoms with Crippen molar-refractivity contribution in [3.8, 4) is 5.75 Å². The number of benzene rings is 2. The van der Waals surface area contributed by atoms with Crippen LogP contribution in [0.2, 0.25) is 5.02 Å². The van der Waals surface area contributed by atoms with Crippen molar-refractivity contribution in [3.05, 3.63) is 64.7 Å². The monoisotopic (exact) mass is 400 g/mol. The van der Waals surface area contributed by atoms with Crippen molar-refractivity contribution in [1.29, 1.82) is 0 Å². The minimum atomic E-state index is -0.292. The molecule has 1 fully saturated rings. The first-order valence-corrected chi connectivity index (χ1v) is 9.90. The molecule has 6 heteroatoms. The summed E-state index contributed by atoms with van der Waals surface area (Å²) >= 11 is 6.17. The van der Waals surface area contributed by atoms with Crippen LogP contribution in [-0.4, -0.2) is 52.9 Å². The molecular formula is C22H25ClN2O3. The molecule has 0 unspecified atom stereocenters. The average molecular weight is 401 g/mol. The zero-order valence-corrected chi connectivity index (χ0v) is 16.7. The molecule has 1 heterocycles. The normalized spacial score (nSPS) is 15.8. The largest absolute Gasteiger partial charge is 0.508 e. The quantitative estimate of drug-likeness (QED) is 0.852. The summed E-state index contributed by atoms with van der Waals surface area (Å²) in [7, 11) is 0. The second-order valence-corrected chi connectivity index (χ2v) is 7.55. The Labute approximate surface area is 170 Å². The molecule has 1 aliphatic heterocycles. The summed E-state index contributed by atoms with van der Waals surface area (Å²) in [5.74, 6) is -0.0719. The van der Waals surface area contributed by atoms with Gasteiger partial charge in [-0.3, -0.25) is 9.59 Å². The molecule has 1 aliphatic rings. The van der Waals surface area contributed by atoms with Crippen LogP contribution in [0.5, 0.6) is 5.75 Å². The van der Waals surface area contributed by atoms with E-state index in [9.17, 15) is 14.7 Å². The molecule has 2 aromatic carbocycles. The third kappa shape index (κ3) is 4.84. The summed E-state index contributed by atoms with van der Waals surface area (Å²) in [5.41, 5.74) is 1.60. The van der Waals surface area contributed by atoms with Crippen LogP contribution in [0.1, 0.15) is 36.8 Å². The number of carbonyl (C=O) groups is 2. The van der Waals surface area contributed by atoms with Crippen LogP contribution in [-0.2, 0) is 9.59 Å². The summed E-state index contributed by atoms with van der Waals surface area (Å²) in [6, 6.07) is 14.5. The Bertz CT molecular complexity index is 855. The Morgan fingerprint density at radius 2 is 1.75 bits per heavy atom. The molecule has 1 saturated heterocycles. The lowest BCUT2D eigenvalue weighted by atomic mass is 9.87. The van der Waals surface area contributed by atoms with Gasteiger partial charge in [-0.25, -0.2) is 0 Å². The zero-order valence-electron chi connectivity index (χ0n) is 16.0. The van der Waals surface area contributed by atoms with Gasteiger partial charge in [0, 0.05) is 56.0 Å². The summed E-state index contributed by atoms with van der Waals surface area (Å²) in [6.45, 7) is 3.95. The van der Waals surface area contributed by atoms with E-state index in [2.05, 4.69) is 0 Å². The second kappa shape index (κ2) is 9.11. The fourth-order valence-corrected chi connectivity index (χ4v) is 3.90. The van der Waals surface area contributed by atoms with Gasteiger partial charge in [0.2, 0.25) is 11.8 Å². The van der Waals surface area contributed by atoms with Gasteiger partial charge in [-0.2, -0.15) is 0 Å². The molecule has 0 spiro atoms. The van der Waals surface area contributed by atoms with Gasteiger partial charge in [0.1, 0.15) is 5.75 Å². The Kier molecular flexibility index (Phi) is 6.57. The van der Waals surface area contributed by atoms with Crippen molar-refractivity contribution >= 4 is 23.4 Å². The van der Waals surface area contributed by atoms with Crippen LogP contribution >= 0.6 is 11.6 Å². The molecule has 0 saturated carbocycles. The second-order valence-electron chi connectivity index (χ2n) is 7.11. The maximum Gasteiger partial charge on any atom is 0.223 e. The third-order valence-electron chi connectivity index (χ3n) is 5.24. The van der Waals surface area contributed by atoms with Crippen molar-refractivity contribution in [2.24, 2.45) is 0 Å². The number of phenols is 1. The minimum absolute atomic E-state index is 0.0126. The van der Waals surface area contributed by atoms with Crippen LogP contribution in [0.15, 0.2) is 48.5 Å². The Morgan fingerprint density at radius 1 is 1.04 bits per heavy atom. The van der Waals surface area contributed by atoms with Gasteiger partial charge in [-0.15, -0.1) is 0 Å². The standard InChI is InChI=1S/C22H25ClN2O3/c1-16(26)24-10-5-11-25(13-12-24)22(28)15-20(17-6-4-7-18(23)14-17)19-8-2-3-9-21(19)27/h2-4,6-9,14,20,27H,5,10-13,15H2,1H3/t20-/m1/s1. The van der Waals surface area contributed by atoms with Crippen molar-refractivity contribution < 1.29 is 14.7 Å². The van der Waals surface area contributed by atoms with Gasteiger partial charge < -0.3 is 14.9 Å². The molecule has 5 nitrogen and oxygen atoms in total. The number of hydrogen-bond donors (Lipinski definition) is 1. The van der Waals surface area contributed by atoms with Crippen molar-refractivity contribution in [2.45, 2.75) is 25.7 Å². The fraction of sp³-hybridized carbons (Fsp3) is 0.364. The van der Waals surface area contributed by atoms with E-state index in [1.165, 1.54) is 0 Å². The van der Waals surface area contributed by atoms with E-state index in [-0.39, 0.29) is 29.9 Å². The summed E-state index contributed by atoms with van der Waals surface area (Å²) < 4.78 is 0. The first-order valence-electron chi connectivity index (χ1n) is 9.52. The molecule has 0 aliphatic carbocycles. The molecular weight excluding hydrogens is 376 g/mol. The Morgan fingerprint density at radius 3 is 2.46 bits per heavy atom. The van der Waals surface area contributed by atoms with Gasteiger partial charge >= 0.3 is 0 Å². The van der Waals surface area contributed by atoms with Crippen LogP contribution in [0.25, 0.3) is 0 Å². The van der Waals surface area contributed by atoms with E-state index in [1.807, 2.05) is 35.2 Å². The highest BCUT2D eigenvalue weighted by Gasteiger charge is 2.26. The van der Waals surface area contributed by atoms with E-state index in [0.717, 1.165) is 12.0 Å². The van der Waals surface area contributed by atoms with Crippen molar-refractivity contribution in [1.82, 2.24) is 9.80 Å². The Hall–Kier alpha value is -2.53. The van der Waals surface area contributed by atoms with Gasteiger partial charge in [0.05, 0.1) is 0 Å². The number of hydrogen-bond acceptors (Lipinski definition) is 3. The molecule has 0 bridgehead atoms. The molecule has 0 radical (unpaired) electrons. The smallest absolute Gasteiger partial charge is 0.223 e. The Balaban J connectivity index is 1.82. The zero-order chi connectivity index (χ0) is 20.1. The van der Waals surface area contributed by atoms with Crippen LogP contribution < -0.4 is 0 Å². The highest BCUT2D eigenvalue weighted by Crippen LogP contribution is 2.35. The number of para-hydroxylation sites is 1. The van der Waals surface area contributed by atoms with E-state index >= 15 is 0 Å². The maximum absolute atomic E-state index is 13.1. The summed E-state index contributed by atoms with van der Waals surface area (Å²) in [4.78, 5) is 28.3. The van der Waals surface area contributed by atoms with Crippen LogP contribution in [0.3, 0.4) is 0 Å². The number of halogens is 1. The molecule has 3 rings (SSSR count).